The zero-order valence-corrected chi connectivity index (χ0v) is 20.4. The minimum absolute atomic E-state index is 0.152. The van der Waals surface area contributed by atoms with Crippen LogP contribution >= 0.6 is 0 Å². The number of rotatable bonds is 5. The van der Waals surface area contributed by atoms with Crippen molar-refractivity contribution < 1.29 is 16.8 Å². The summed E-state index contributed by atoms with van der Waals surface area (Å²) in [6.45, 7) is 3.38. The zero-order valence-electron chi connectivity index (χ0n) is 18.8. The van der Waals surface area contributed by atoms with E-state index in [9.17, 15) is 16.8 Å². The highest BCUT2D eigenvalue weighted by molar-refractivity contribution is 7.91. The molecule has 2 aromatic carbocycles. The molecule has 0 aliphatic carbocycles. The van der Waals surface area contributed by atoms with Crippen LogP contribution in [-0.2, 0) is 24.4 Å². The summed E-state index contributed by atoms with van der Waals surface area (Å²) < 4.78 is 48.0. The maximum absolute atomic E-state index is 12.6. The Hall–Kier alpha value is -3.10. The van der Waals surface area contributed by atoms with Gasteiger partial charge in [-0.2, -0.15) is 0 Å². The van der Waals surface area contributed by atoms with Crippen LogP contribution in [0.25, 0.3) is 33.2 Å². The largest absolute Gasteiger partial charge is 0.263 e. The SMILES string of the molecule is CC(C)(c1cc(-c2cccc(-c3cncc(S(C)(=O)=O)c3)c2)cc2cccnc12)S(C)(=O)=O. The predicted molar refractivity (Wildman–Crippen MR) is 131 cm³/mol. The first-order valence-electron chi connectivity index (χ1n) is 10.2. The Balaban J connectivity index is 1.91. The van der Waals surface area contributed by atoms with Gasteiger partial charge in [0.2, 0.25) is 0 Å². The van der Waals surface area contributed by atoms with E-state index in [4.69, 9.17) is 0 Å². The Labute approximate surface area is 194 Å². The molecule has 0 aliphatic rings. The highest BCUT2D eigenvalue weighted by Gasteiger charge is 2.34. The third kappa shape index (κ3) is 4.41. The van der Waals surface area contributed by atoms with Crippen molar-refractivity contribution in [3.8, 4) is 22.3 Å². The topological polar surface area (TPSA) is 94.1 Å². The van der Waals surface area contributed by atoms with Crippen LogP contribution in [0.5, 0.6) is 0 Å². The van der Waals surface area contributed by atoms with E-state index in [2.05, 4.69) is 9.97 Å². The van der Waals surface area contributed by atoms with Crippen molar-refractivity contribution in [1.82, 2.24) is 9.97 Å². The molecule has 0 radical (unpaired) electrons. The molecule has 0 unspecified atom stereocenters. The van der Waals surface area contributed by atoms with Crippen LogP contribution < -0.4 is 0 Å². The summed E-state index contributed by atoms with van der Waals surface area (Å²) in [5, 5.41) is 0.841. The second kappa shape index (κ2) is 8.04. The third-order valence-electron chi connectivity index (χ3n) is 5.95. The van der Waals surface area contributed by atoms with Gasteiger partial charge in [-0.25, -0.2) is 16.8 Å². The van der Waals surface area contributed by atoms with Gasteiger partial charge in [-0.15, -0.1) is 0 Å². The minimum atomic E-state index is -3.42. The second-order valence-electron chi connectivity index (χ2n) is 8.64. The molecule has 4 rings (SSSR count). The molecule has 2 aromatic heterocycles. The third-order valence-corrected chi connectivity index (χ3v) is 9.10. The van der Waals surface area contributed by atoms with Gasteiger partial charge in [0.05, 0.1) is 15.2 Å². The molecule has 0 saturated carbocycles. The van der Waals surface area contributed by atoms with Crippen molar-refractivity contribution in [1.29, 1.82) is 0 Å². The van der Waals surface area contributed by atoms with Gasteiger partial charge >= 0.3 is 0 Å². The molecule has 0 spiro atoms. The molecular formula is C25H24N2O4S2. The maximum atomic E-state index is 12.6. The van der Waals surface area contributed by atoms with Crippen molar-refractivity contribution in [2.75, 3.05) is 12.5 Å². The van der Waals surface area contributed by atoms with Gasteiger partial charge < -0.3 is 0 Å². The highest BCUT2D eigenvalue weighted by atomic mass is 32.2. The van der Waals surface area contributed by atoms with Crippen LogP contribution in [0, 0.1) is 0 Å². The standard InChI is InChI=1S/C25H24N2O4S2/c1-25(2,33(4,30)31)23-14-20(12-19-9-6-10-27-24(19)23)17-7-5-8-18(11-17)21-13-22(16-26-15-21)32(3,28)29/h5-16H,1-4H3. The monoisotopic (exact) mass is 480 g/mol. The molecule has 2 heterocycles. The average Bonchev–Trinajstić information content (AvgIpc) is 2.77. The first kappa shape index (κ1) is 23.1. The minimum Gasteiger partial charge on any atom is -0.263 e. The number of sulfone groups is 2. The molecule has 0 aliphatic heterocycles. The molecule has 33 heavy (non-hydrogen) atoms. The first-order chi connectivity index (χ1) is 15.4. The van der Waals surface area contributed by atoms with Gasteiger partial charge in [0.15, 0.2) is 19.7 Å². The van der Waals surface area contributed by atoms with E-state index in [-0.39, 0.29) is 4.90 Å². The Morgan fingerprint density at radius 1 is 0.758 bits per heavy atom. The molecule has 0 fully saturated rings. The fourth-order valence-corrected chi connectivity index (χ4v) is 4.82. The quantitative estimate of drug-likeness (QED) is 0.413. The second-order valence-corrected chi connectivity index (χ2v) is 13.2. The Morgan fingerprint density at radius 3 is 2.12 bits per heavy atom. The number of benzene rings is 2. The number of hydrogen-bond acceptors (Lipinski definition) is 6. The lowest BCUT2D eigenvalue weighted by atomic mass is 9.92. The number of fused-ring (bicyclic) bond motifs is 1. The van der Waals surface area contributed by atoms with Crippen molar-refractivity contribution in [2.24, 2.45) is 0 Å². The summed E-state index contributed by atoms with van der Waals surface area (Å²) in [7, 11) is -6.80. The van der Waals surface area contributed by atoms with Crippen molar-refractivity contribution in [3.05, 3.63) is 78.8 Å². The summed E-state index contributed by atoms with van der Waals surface area (Å²) in [4.78, 5) is 8.71. The fourth-order valence-electron chi connectivity index (χ4n) is 3.68. The molecule has 0 bridgehead atoms. The van der Waals surface area contributed by atoms with Crippen molar-refractivity contribution in [3.63, 3.8) is 0 Å². The molecule has 170 valence electrons. The van der Waals surface area contributed by atoms with Crippen LogP contribution in [0.1, 0.15) is 19.4 Å². The van der Waals surface area contributed by atoms with Gasteiger partial charge in [0.1, 0.15) is 0 Å². The lowest BCUT2D eigenvalue weighted by Crippen LogP contribution is -2.28. The van der Waals surface area contributed by atoms with E-state index < -0.39 is 24.4 Å². The van der Waals surface area contributed by atoms with Crippen LogP contribution in [0.2, 0.25) is 0 Å². The lowest BCUT2D eigenvalue weighted by molar-refractivity contribution is 0.562. The van der Waals surface area contributed by atoms with Crippen molar-refractivity contribution in [2.45, 2.75) is 23.5 Å². The van der Waals surface area contributed by atoms with Crippen molar-refractivity contribution >= 4 is 30.6 Å². The molecular weight excluding hydrogens is 456 g/mol. The Bertz CT molecular complexity index is 1590. The van der Waals surface area contributed by atoms with E-state index in [1.807, 2.05) is 48.5 Å². The molecule has 0 atom stereocenters. The van der Waals surface area contributed by atoms with E-state index >= 15 is 0 Å². The molecule has 0 N–H and O–H groups in total. The zero-order chi connectivity index (χ0) is 24.0. The Kier molecular flexibility index (Phi) is 5.62. The molecule has 0 amide bonds. The average molecular weight is 481 g/mol. The van der Waals surface area contributed by atoms with Crippen LogP contribution in [-0.4, -0.2) is 39.3 Å². The van der Waals surface area contributed by atoms with Gasteiger partial charge in [-0.05, 0) is 66.4 Å². The molecule has 4 aromatic rings. The maximum Gasteiger partial charge on any atom is 0.177 e. The highest BCUT2D eigenvalue weighted by Crippen LogP contribution is 2.37. The summed E-state index contributed by atoms with van der Waals surface area (Å²) >= 11 is 0. The number of aromatic nitrogens is 2. The lowest BCUT2D eigenvalue weighted by Gasteiger charge is -2.25. The number of nitrogens with zero attached hydrogens (tertiary/aromatic N) is 2. The predicted octanol–water partition coefficient (Wildman–Crippen LogP) is 4.65. The summed E-state index contributed by atoms with van der Waals surface area (Å²) in [5.74, 6) is 0. The number of pyridine rings is 2. The van der Waals surface area contributed by atoms with Gasteiger partial charge in [-0.1, -0.05) is 24.3 Å². The first-order valence-corrected chi connectivity index (χ1v) is 14.0. The van der Waals surface area contributed by atoms with Crippen LogP contribution in [0.3, 0.4) is 0 Å². The Morgan fingerprint density at radius 2 is 1.45 bits per heavy atom. The van der Waals surface area contributed by atoms with Gasteiger partial charge in [0, 0.05) is 42.1 Å². The molecule has 0 saturated heterocycles. The van der Waals surface area contributed by atoms with Gasteiger partial charge in [-0.3, -0.25) is 9.97 Å². The smallest absolute Gasteiger partial charge is 0.177 e. The van der Waals surface area contributed by atoms with E-state index in [1.54, 1.807) is 32.3 Å². The van der Waals surface area contributed by atoms with Gasteiger partial charge in [0.25, 0.3) is 0 Å². The summed E-state index contributed by atoms with van der Waals surface area (Å²) in [6.07, 6.45) is 7.00. The van der Waals surface area contributed by atoms with E-state index in [0.29, 0.717) is 16.6 Å². The van der Waals surface area contributed by atoms with Crippen LogP contribution in [0.15, 0.2) is 78.1 Å². The normalized spacial score (nSPS) is 12.7. The van der Waals surface area contributed by atoms with Crippen LogP contribution in [0.4, 0.5) is 0 Å². The summed E-state index contributed by atoms with van der Waals surface area (Å²) in [6, 6.07) is 16.8. The molecule has 6 nitrogen and oxygen atoms in total. The fraction of sp³-hybridized carbons (Fsp3) is 0.200. The molecule has 8 heteroatoms. The number of hydrogen-bond donors (Lipinski definition) is 0. The van der Waals surface area contributed by atoms with E-state index in [1.165, 1.54) is 12.5 Å². The van der Waals surface area contributed by atoms with E-state index in [0.717, 1.165) is 28.3 Å². The summed E-state index contributed by atoms with van der Waals surface area (Å²) in [5.41, 5.74) is 4.48.